The molecule has 39 heavy (non-hydrogen) atoms. The first-order chi connectivity index (χ1) is 18.4. The third-order valence-corrected chi connectivity index (χ3v) is 8.64. The van der Waals surface area contributed by atoms with Crippen LogP contribution < -0.4 is 9.62 Å². The first-order valence-corrected chi connectivity index (χ1v) is 14.7. The lowest BCUT2D eigenvalue weighted by atomic mass is 10.0. The lowest BCUT2D eigenvalue weighted by Gasteiger charge is -2.32. The van der Waals surface area contributed by atoms with E-state index < -0.39 is 28.5 Å². The molecule has 0 bridgehead atoms. The first-order valence-electron chi connectivity index (χ1n) is 13.3. The lowest BCUT2D eigenvalue weighted by molar-refractivity contribution is -0.139. The number of rotatable bonds is 11. The molecule has 8 heteroatoms. The minimum Gasteiger partial charge on any atom is -0.355 e. The molecule has 0 saturated carbocycles. The quantitative estimate of drug-likeness (QED) is 0.357. The Morgan fingerprint density at radius 2 is 1.49 bits per heavy atom. The Bertz CT molecular complexity index is 1380. The molecule has 7 nitrogen and oxygen atoms in total. The molecule has 0 fully saturated rings. The maximum atomic E-state index is 13.9. The van der Waals surface area contributed by atoms with Crippen molar-refractivity contribution in [1.29, 1.82) is 0 Å². The first kappa shape index (κ1) is 29.9. The molecule has 0 radical (unpaired) electrons. The normalized spacial score (nSPS) is 12.2. The third kappa shape index (κ3) is 7.26. The maximum Gasteiger partial charge on any atom is 0.264 e. The summed E-state index contributed by atoms with van der Waals surface area (Å²) in [7, 11) is -4.08. The van der Waals surface area contributed by atoms with Gasteiger partial charge in [-0.3, -0.25) is 13.9 Å². The maximum absolute atomic E-state index is 13.9. The van der Waals surface area contributed by atoms with Crippen LogP contribution in [-0.4, -0.2) is 44.3 Å². The summed E-state index contributed by atoms with van der Waals surface area (Å²) in [4.78, 5) is 28.3. The summed E-state index contributed by atoms with van der Waals surface area (Å²) in [5, 5.41) is 2.78. The van der Waals surface area contributed by atoms with Gasteiger partial charge in [0.05, 0.1) is 10.6 Å². The van der Waals surface area contributed by atoms with Crippen molar-refractivity contribution in [3.63, 3.8) is 0 Å². The van der Waals surface area contributed by atoms with Gasteiger partial charge in [0.1, 0.15) is 12.6 Å². The molecular weight excluding hydrogens is 510 g/mol. The van der Waals surface area contributed by atoms with Crippen LogP contribution >= 0.6 is 0 Å². The molecular formula is C31H39N3O4S. The summed E-state index contributed by atoms with van der Waals surface area (Å²) in [5.74, 6) is -0.500. The van der Waals surface area contributed by atoms with Gasteiger partial charge in [0.25, 0.3) is 10.0 Å². The Balaban J connectivity index is 2.05. The molecule has 208 valence electrons. The minimum atomic E-state index is -4.08. The number of hydrogen-bond donors (Lipinski definition) is 1. The fraction of sp³-hybridized carbons (Fsp3) is 0.355. The van der Waals surface area contributed by atoms with Crippen molar-refractivity contribution in [3.05, 3.63) is 95.1 Å². The fourth-order valence-electron chi connectivity index (χ4n) is 4.27. The highest BCUT2D eigenvalue weighted by Crippen LogP contribution is 2.27. The summed E-state index contributed by atoms with van der Waals surface area (Å²) in [6.07, 6.45) is 0. The van der Waals surface area contributed by atoms with E-state index in [0.29, 0.717) is 12.2 Å². The summed E-state index contributed by atoms with van der Waals surface area (Å²) >= 11 is 0. The van der Waals surface area contributed by atoms with Crippen molar-refractivity contribution in [2.24, 2.45) is 0 Å². The second kappa shape index (κ2) is 12.9. The number of benzene rings is 3. The van der Waals surface area contributed by atoms with Gasteiger partial charge in [0.2, 0.25) is 11.8 Å². The third-order valence-electron chi connectivity index (χ3n) is 6.86. The van der Waals surface area contributed by atoms with Crippen LogP contribution in [0.15, 0.2) is 77.7 Å². The van der Waals surface area contributed by atoms with Gasteiger partial charge in [0.15, 0.2) is 0 Å². The molecule has 2 amide bonds. The standard InChI is InChI=1S/C31H39N3O4S/c1-7-32-31(36)25(6)33(20-27-11-9-8-10-24(27)5)30(35)21-34(28-16-14-26(15-17-28)22(2)3)39(37,38)29-18-12-23(4)13-19-29/h8-19,22,25H,7,20-21H2,1-6H3,(H,32,36)/t25-/m0/s1. The summed E-state index contributed by atoms with van der Waals surface area (Å²) in [5.41, 5.74) is 4.24. The van der Waals surface area contributed by atoms with Crippen LogP contribution in [0.25, 0.3) is 0 Å². The van der Waals surface area contributed by atoms with Crippen molar-refractivity contribution in [3.8, 4) is 0 Å². The highest BCUT2D eigenvalue weighted by atomic mass is 32.2. The van der Waals surface area contributed by atoms with E-state index in [9.17, 15) is 18.0 Å². The van der Waals surface area contributed by atoms with Gasteiger partial charge in [-0.05, 0) is 74.6 Å². The van der Waals surface area contributed by atoms with Crippen molar-refractivity contribution in [2.75, 3.05) is 17.4 Å². The van der Waals surface area contributed by atoms with Gasteiger partial charge in [-0.2, -0.15) is 0 Å². The number of anilines is 1. The number of hydrogen-bond acceptors (Lipinski definition) is 4. The molecule has 1 atom stereocenters. The van der Waals surface area contributed by atoms with Crippen LogP contribution in [-0.2, 0) is 26.2 Å². The number of carbonyl (C=O) groups is 2. The number of amides is 2. The van der Waals surface area contributed by atoms with Crippen LogP contribution in [0, 0.1) is 13.8 Å². The Morgan fingerprint density at radius 3 is 2.05 bits per heavy atom. The molecule has 0 spiro atoms. The van der Waals surface area contributed by atoms with Crippen LogP contribution in [0.4, 0.5) is 5.69 Å². The summed E-state index contributed by atoms with van der Waals surface area (Å²) in [6.45, 7) is 11.6. The Morgan fingerprint density at radius 1 is 0.872 bits per heavy atom. The van der Waals surface area contributed by atoms with Crippen LogP contribution in [0.3, 0.4) is 0 Å². The monoisotopic (exact) mass is 549 g/mol. The predicted octanol–water partition coefficient (Wildman–Crippen LogP) is 5.18. The Labute approximate surface area is 232 Å². The molecule has 0 aromatic heterocycles. The SMILES string of the molecule is CCNC(=O)[C@H](C)N(Cc1ccccc1C)C(=O)CN(c1ccc(C(C)C)cc1)S(=O)(=O)c1ccc(C)cc1. The molecule has 0 aliphatic heterocycles. The van der Waals surface area contributed by atoms with Gasteiger partial charge < -0.3 is 10.2 Å². The molecule has 3 aromatic carbocycles. The van der Waals surface area contributed by atoms with E-state index in [4.69, 9.17) is 0 Å². The number of sulfonamides is 1. The molecule has 1 N–H and O–H groups in total. The van der Waals surface area contributed by atoms with E-state index in [-0.39, 0.29) is 23.3 Å². The van der Waals surface area contributed by atoms with Crippen LogP contribution in [0.1, 0.15) is 55.9 Å². The molecule has 0 aliphatic rings. The highest BCUT2D eigenvalue weighted by Gasteiger charge is 2.32. The van der Waals surface area contributed by atoms with E-state index in [1.165, 1.54) is 4.90 Å². The summed E-state index contributed by atoms with van der Waals surface area (Å²) < 4.78 is 29.0. The van der Waals surface area contributed by atoms with Gasteiger partial charge in [-0.15, -0.1) is 0 Å². The molecule has 0 heterocycles. The molecule has 3 aromatic rings. The topological polar surface area (TPSA) is 86.8 Å². The minimum absolute atomic E-state index is 0.0936. The number of likely N-dealkylation sites (N-methyl/N-ethyl adjacent to an activating group) is 1. The van der Waals surface area contributed by atoms with Crippen molar-refractivity contribution >= 4 is 27.5 Å². The largest absolute Gasteiger partial charge is 0.355 e. The number of nitrogens with one attached hydrogen (secondary N) is 1. The lowest BCUT2D eigenvalue weighted by Crippen LogP contribution is -2.51. The second-order valence-electron chi connectivity index (χ2n) is 10.1. The summed E-state index contributed by atoms with van der Waals surface area (Å²) in [6, 6.07) is 20.6. The van der Waals surface area contributed by atoms with E-state index in [1.807, 2.05) is 57.2 Å². The van der Waals surface area contributed by atoms with E-state index in [1.54, 1.807) is 43.3 Å². The zero-order chi connectivity index (χ0) is 28.7. The van der Waals surface area contributed by atoms with Crippen molar-refractivity contribution in [2.45, 2.75) is 64.9 Å². The Kier molecular flexibility index (Phi) is 9.92. The average Bonchev–Trinajstić information content (AvgIpc) is 2.91. The van der Waals surface area contributed by atoms with E-state index in [2.05, 4.69) is 19.2 Å². The Hall–Kier alpha value is -3.65. The number of aryl methyl sites for hydroxylation is 2. The van der Waals surface area contributed by atoms with Gasteiger partial charge in [0, 0.05) is 13.1 Å². The van der Waals surface area contributed by atoms with Crippen LogP contribution in [0.5, 0.6) is 0 Å². The van der Waals surface area contributed by atoms with Gasteiger partial charge in [-0.1, -0.05) is 67.9 Å². The van der Waals surface area contributed by atoms with Gasteiger partial charge >= 0.3 is 0 Å². The highest BCUT2D eigenvalue weighted by molar-refractivity contribution is 7.92. The van der Waals surface area contributed by atoms with Crippen molar-refractivity contribution < 1.29 is 18.0 Å². The van der Waals surface area contributed by atoms with Gasteiger partial charge in [-0.25, -0.2) is 8.42 Å². The van der Waals surface area contributed by atoms with Crippen molar-refractivity contribution in [1.82, 2.24) is 10.2 Å². The van der Waals surface area contributed by atoms with Crippen LogP contribution in [0.2, 0.25) is 0 Å². The average molecular weight is 550 g/mol. The predicted molar refractivity (Wildman–Crippen MR) is 156 cm³/mol. The smallest absolute Gasteiger partial charge is 0.264 e. The number of carbonyl (C=O) groups excluding carboxylic acids is 2. The molecule has 0 unspecified atom stereocenters. The molecule has 0 saturated heterocycles. The van der Waals surface area contributed by atoms with E-state index >= 15 is 0 Å². The molecule has 3 rings (SSSR count). The van der Waals surface area contributed by atoms with E-state index in [0.717, 1.165) is 26.6 Å². The fourth-order valence-corrected chi connectivity index (χ4v) is 5.68. The molecule has 0 aliphatic carbocycles. The zero-order valence-electron chi connectivity index (χ0n) is 23.6. The zero-order valence-corrected chi connectivity index (χ0v) is 24.5. The second-order valence-corrected chi connectivity index (χ2v) is 12.0. The number of nitrogens with zero attached hydrogens (tertiary/aromatic N) is 2.